The summed E-state index contributed by atoms with van der Waals surface area (Å²) in [5, 5.41) is 11.0. The maximum atomic E-state index is 2.51. The molecule has 0 spiro atoms. The summed E-state index contributed by atoms with van der Waals surface area (Å²) < 4.78 is 2.75. The van der Waals surface area contributed by atoms with E-state index in [4.69, 9.17) is 0 Å². The minimum atomic E-state index is -0.0528. The second-order valence-electron chi connectivity index (χ2n) is 17.0. The normalized spacial score (nSPS) is 21.0. The molecule has 56 heavy (non-hydrogen) atoms. The quantitative estimate of drug-likeness (QED) is 0.159. The Morgan fingerprint density at radius 1 is 0.607 bits per heavy atom. The number of rotatable bonds is 3. The minimum Gasteiger partial charge on any atom is -0.135 e. The Balaban J connectivity index is 0.983. The molecule has 1 heteroatoms. The van der Waals surface area contributed by atoms with Gasteiger partial charge in [0.25, 0.3) is 0 Å². The monoisotopic (exact) mass is 734 g/mol. The molecule has 0 aliphatic heterocycles. The van der Waals surface area contributed by atoms with Crippen molar-refractivity contribution >= 4 is 75.0 Å². The van der Waals surface area contributed by atoms with Gasteiger partial charge in [0.2, 0.25) is 0 Å². The Bertz CT molecular complexity index is 3100. The molecule has 1 heterocycles. The number of hydrogen-bond acceptors (Lipinski definition) is 1. The fourth-order valence-corrected chi connectivity index (χ4v) is 12.2. The number of hydrogen-bond donors (Lipinski definition) is 0. The summed E-state index contributed by atoms with van der Waals surface area (Å²) in [4.78, 5) is 0. The van der Waals surface area contributed by atoms with Crippen molar-refractivity contribution in [3.05, 3.63) is 202 Å². The van der Waals surface area contributed by atoms with Crippen molar-refractivity contribution in [1.29, 1.82) is 0 Å². The molecular formula is C55H42S. The van der Waals surface area contributed by atoms with Crippen molar-refractivity contribution in [1.82, 2.24) is 0 Å². The lowest BCUT2D eigenvalue weighted by atomic mass is 9.74. The molecule has 2 atom stereocenters. The molecule has 0 N–H and O–H groups in total. The Kier molecular flexibility index (Phi) is 7.03. The fraction of sp³-hybridized carbons (Fsp3) is 0.164. The van der Waals surface area contributed by atoms with Crippen molar-refractivity contribution in [2.75, 3.05) is 0 Å². The van der Waals surface area contributed by atoms with Gasteiger partial charge in [-0.15, -0.1) is 11.3 Å². The Labute approximate surface area is 332 Å². The van der Waals surface area contributed by atoms with Crippen LogP contribution in [0.1, 0.15) is 67.7 Å². The molecule has 5 aliphatic carbocycles. The van der Waals surface area contributed by atoms with E-state index in [0.29, 0.717) is 11.8 Å². The van der Waals surface area contributed by atoms with Gasteiger partial charge in [-0.05, 0) is 126 Å². The first-order valence-corrected chi connectivity index (χ1v) is 21.2. The van der Waals surface area contributed by atoms with E-state index < -0.39 is 0 Å². The van der Waals surface area contributed by atoms with Crippen LogP contribution in [-0.4, -0.2) is 0 Å². The Morgan fingerprint density at radius 3 is 2.04 bits per heavy atom. The second kappa shape index (κ2) is 12.1. The zero-order chi connectivity index (χ0) is 37.1. The zero-order valence-electron chi connectivity index (χ0n) is 31.9. The van der Waals surface area contributed by atoms with Crippen LogP contribution in [0.3, 0.4) is 0 Å². The SMILES string of the molecule is CC1(C)C2=CC=C(c3c4ccccc4c(C4=CC=C5C=C(C6=CC=CCC6)C=CC5C4)c4ccccc34)CC2c2ccc3cc4sc5ccccc5c4cc3c21. The molecule has 0 amide bonds. The molecule has 1 aromatic heterocycles. The molecule has 5 aliphatic rings. The van der Waals surface area contributed by atoms with Gasteiger partial charge in [0.05, 0.1) is 0 Å². The highest BCUT2D eigenvalue weighted by Gasteiger charge is 2.44. The fourth-order valence-electron chi connectivity index (χ4n) is 11.1. The van der Waals surface area contributed by atoms with Crippen molar-refractivity contribution in [2.45, 2.75) is 50.9 Å². The van der Waals surface area contributed by atoms with Gasteiger partial charge in [-0.2, -0.15) is 0 Å². The Morgan fingerprint density at radius 2 is 1.30 bits per heavy atom. The van der Waals surface area contributed by atoms with E-state index in [1.165, 1.54) is 103 Å². The van der Waals surface area contributed by atoms with Gasteiger partial charge in [-0.1, -0.05) is 159 Å². The van der Waals surface area contributed by atoms with Gasteiger partial charge in [0, 0.05) is 37.4 Å². The number of benzene rings is 6. The van der Waals surface area contributed by atoms with Gasteiger partial charge < -0.3 is 0 Å². The summed E-state index contributed by atoms with van der Waals surface area (Å²) in [5.41, 5.74) is 14.5. The lowest BCUT2D eigenvalue weighted by molar-refractivity contribution is 0.618. The highest BCUT2D eigenvalue weighted by Crippen LogP contribution is 2.58. The maximum Gasteiger partial charge on any atom is 0.0361 e. The molecule has 2 unspecified atom stereocenters. The number of thiophene rings is 1. The third kappa shape index (κ3) is 4.71. The third-order valence-corrected chi connectivity index (χ3v) is 14.8. The third-order valence-electron chi connectivity index (χ3n) is 13.7. The molecule has 268 valence electrons. The first-order chi connectivity index (χ1) is 27.5. The maximum absolute atomic E-state index is 2.51. The molecule has 0 nitrogen and oxygen atoms in total. The average molecular weight is 735 g/mol. The highest BCUT2D eigenvalue weighted by atomic mass is 32.1. The van der Waals surface area contributed by atoms with Crippen LogP contribution in [0, 0.1) is 5.92 Å². The second-order valence-corrected chi connectivity index (χ2v) is 18.1. The van der Waals surface area contributed by atoms with Gasteiger partial charge >= 0.3 is 0 Å². The smallest absolute Gasteiger partial charge is 0.0361 e. The van der Waals surface area contributed by atoms with E-state index in [1.807, 2.05) is 11.3 Å². The predicted molar refractivity (Wildman–Crippen MR) is 243 cm³/mol. The van der Waals surface area contributed by atoms with Crippen molar-refractivity contribution in [2.24, 2.45) is 5.92 Å². The first-order valence-electron chi connectivity index (χ1n) is 20.4. The molecule has 0 radical (unpaired) electrons. The summed E-state index contributed by atoms with van der Waals surface area (Å²) in [6, 6.07) is 37.2. The highest BCUT2D eigenvalue weighted by molar-refractivity contribution is 7.25. The minimum absolute atomic E-state index is 0.0528. The van der Waals surface area contributed by atoms with E-state index in [-0.39, 0.29) is 5.41 Å². The van der Waals surface area contributed by atoms with Crippen LogP contribution in [-0.2, 0) is 5.41 Å². The summed E-state index contributed by atoms with van der Waals surface area (Å²) in [6.07, 6.45) is 28.1. The van der Waals surface area contributed by atoms with E-state index in [0.717, 1.165) is 25.7 Å². The standard InChI is InChI=1S/C55H42S/c1-55(2)49-27-25-39(30-47(49)45-26-24-37-31-51-48(32-46(37)54(45)55)40-14-10-11-19-50(40)56-51)53-43-17-8-6-15-41(43)52(42-16-7-9-18-44(42)53)38-23-22-35-28-34(20-21-36(35)29-38)33-12-4-3-5-13-33/h3-4,6-12,14-28,31-32,36,47H,5,13,29-30H2,1-2H3. The van der Waals surface area contributed by atoms with Crippen LogP contribution in [0.15, 0.2) is 180 Å². The lowest BCUT2D eigenvalue weighted by Gasteiger charge is -2.29. The molecule has 6 aromatic carbocycles. The molecule has 0 saturated heterocycles. The van der Waals surface area contributed by atoms with Crippen molar-refractivity contribution in [3.63, 3.8) is 0 Å². The predicted octanol–water partition coefficient (Wildman–Crippen LogP) is 15.4. The molecule has 7 aromatic rings. The van der Waals surface area contributed by atoms with Crippen LogP contribution < -0.4 is 0 Å². The largest absolute Gasteiger partial charge is 0.135 e. The van der Waals surface area contributed by atoms with Crippen molar-refractivity contribution < 1.29 is 0 Å². The average Bonchev–Trinajstić information content (AvgIpc) is 3.72. The molecular weight excluding hydrogens is 693 g/mol. The van der Waals surface area contributed by atoms with E-state index in [1.54, 1.807) is 5.57 Å². The molecule has 0 bridgehead atoms. The summed E-state index contributed by atoms with van der Waals surface area (Å²) in [6.45, 7) is 4.93. The molecule has 12 rings (SSSR count). The van der Waals surface area contributed by atoms with Gasteiger partial charge in [0.15, 0.2) is 0 Å². The lowest BCUT2D eigenvalue weighted by Crippen LogP contribution is -2.18. The summed E-state index contributed by atoms with van der Waals surface area (Å²) in [5.74, 6) is 0.759. The van der Waals surface area contributed by atoms with Crippen LogP contribution in [0.25, 0.3) is 63.6 Å². The zero-order valence-corrected chi connectivity index (χ0v) is 32.7. The summed E-state index contributed by atoms with van der Waals surface area (Å²) >= 11 is 1.91. The molecule has 0 fully saturated rings. The Hall–Kier alpha value is -5.76. The van der Waals surface area contributed by atoms with E-state index in [2.05, 4.69) is 172 Å². The van der Waals surface area contributed by atoms with E-state index in [9.17, 15) is 0 Å². The van der Waals surface area contributed by atoms with Crippen molar-refractivity contribution in [3.8, 4) is 0 Å². The van der Waals surface area contributed by atoms with Gasteiger partial charge in [-0.25, -0.2) is 0 Å². The topological polar surface area (TPSA) is 0 Å². The van der Waals surface area contributed by atoms with Crippen LogP contribution in [0.5, 0.6) is 0 Å². The first kappa shape index (κ1) is 32.5. The summed E-state index contributed by atoms with van der Waals surface area (Å²) in [7, 11) is 0. The van der Waals surface area contributed by atoms with Crippen LogP contribution in [0.4, 0.5) is 0 Å². The molecule has 0 saturated carbocycles. The van der Waals surface area contributed by atoms with Gasteiger partial charge in [-0.3, -0.25) is 0 Å². The van der Waals surface area contributed by atoms with Crippen LogP contribution >= 0.6 is 11.3 Å². The van der Waals surface area contributed by atoms with E-state index >= 15 is 0 Å². The number of allylic oxidation sites excluding steroid dienone is 16. The van der Waals surface area contributed by atoms with Gasteiger partial charge in [0.1, 0.15) is 0 Å². The number of fused-ring (bicyclic) bond motifs is 11. The van der Waals surface area contributed by atoms with Crippen LogP contribution in [0.2, 0.25) is 0 Å².